The third-order valence-electron chi connectivity index (χ3n) is 5.70. The van der Waals surface area contributed by atoms with E-state index in [1.165, 1.54) is 22.7 Å². The maximum Gasteiger partial charge on any atom is 0.412 e. The van der Waals surface area contributed by atoms with Crippen LogP contribution in [0.15, 0.2) is 78.9 Å². The van der Waals surface area contributed by atoms with Gasteiger partial charge in [-0.2, -0.15) is 4.37 Å². The summed E-state index contributed by atoms with van der Waals surface area (Å²) in [5, 5.41) is 2.91. The SMILES string of the molecule is Cc1nsc(-c2ccc(-c3ccc(C(C)C)cc3)cc2)c1NC(=O)O[C@H](C)c1ccccc1. The highest BCUT2D eigenvalue weighted by Gasteiger charge is 2.18. The molecule has 1 amide bonds. The zero-order valence-corrected chi connectivity index (χ0v) is 20.1. The quantitative estimate of drug-likeness (QED) is 0.318. The van der Waals surface area contributed by atoms with E-state index in [1.807, 2.05) is 44.2 Å². The number of hydrogen-bond donors (Lipinski definition) is 1. The average molecular weight is 457 g/mol. The van der Waals surface area contributed by atoms with Crippen molar-refractivity contribution in [3.63, 3.8) is 0 Å². The van der Waals surface area contributed by atoms with Crippen molar-refractivity contribution in [2.24, 2.45) is 0 Å². The number of nitrogens with one attached hydrogen (secondary N) is 1. The molecule has 0 aliphatic rings. The molecule has 0 radical (unpaired) electrons. The van der Waals surface area contributed by atoms with Crippen LogP contribution < -0.4 is 5.32 Å². The second-order valence-corrected chi connectivity index (χ2v) is 9.18. The highest BCUT2D eigenvalue weighted by Crippen LogP contribution is 2.36. The Labute approximate surface area is 199 Å². The first-order valence-corrected chi connectivity index (χ1v) is 11.9. The van der Waals surface area contributed by atoms with Gasteiger partial charge in [-0.15, -0.1) is 0 Å². The molecule has 33 heavy (non-hydrogen) atoms. The molecule has 1 aromatic heterocycles. The predicted octanol–water partition coefficient (Wildman–Crippen LogP) is 8.22. The monoisotopic (exact) mass is 456 g/mol. The number of aryl methyl sites for hydroxylation is 1. The lowest BCUT2D eigenvalue weighted by atomic mass is 9.98. The van der Waals surface area contributed by atoms with Gasteiger partial charge in [0.05, 0.1) is 16.3 Å². The Kier molecular flexibility index (Phi) is 6.90. The van der Waals surface area contributed by atoms with Crippen molar-refractivity contribution in [1.29, 1.82) is 0 Å². The molecule has 1 N–H and O–H groups in total. The van der Waals surface area contributed by atoms with Crippen molar-refractivity contribution in [2.45, 2.75) is 39.7 Å². The zero-order chi connectivity index (χ0) is 23.4. The summed E-state index contributed by atoms with van der Waals surface area (Å²) < 4.78 is 10.0. The van der Waals surface area contributed by atoms with Crippen LogP contribution in [0.5, 0.6) is 0 Å². The topological polar surface area (TPSA) is 51.2 Å². The number of carbonyl (C=O) groups excluding carboxylic acids is 1. The lowest BCUT2D eigenvalue weighted by Crippen LogP contribution is -2.16. The van der Waals surface area contributed by atoms with E-state index < -0.39 is 6.09 Å². The minimum absolute atomic E-state index is 0.345. The Morgan fingerprint density at radius 2 is 1.39 bits per heavy atom. The van der Waals surface area contributed by atoms with Gasteiger partial charge in [0.1, 0.15) is 6.10 Å². The number of hydrogen-bond acceptors (Lipinski definition) is 4. The molecule has 0 fully saturated rings. The number of rotatable bonds is 6. The fourth-order valence-corrected chi connectivity index (χ4v) is 4.52. The molecule has 3 aromatic carbocycles. The average Bonchev–Trinajstić information content (AvgIpc) is 3.19. The number of amides is 1. The van der Waals surface area contributed by atoms with Crippen molar-refractivity contribution in [3.05, 3.63) is 95.7 Å². The van der Waals surface area contributed by atoms with Crippen LogP contribution in [0.4, 0.5) is 10.5 Å². The lowest BCUT2D eigenvalue weighted by molar-refractivity contribution is 0.121. The van der Waals surface area contributed by atoms with Crippen molar-refractivity contribution in [1.82, 2.24) is 4.37 Å². The lowest BCUT2D eigenvalue weighted by Gasteiger charge is -2.14. The number of benzene rings is 3. The normalized spacial score (nSPS) is 11.9. The maximum atomic E-state index is 12.6. The summed E-state index contributed by atoms with van der Waals surface area (Å²) in [4.78, 5) is 13.5. The zero-order valence-electron chi connectivity index (χ0n) is 19.3. The van der Waals surface area contributed by atoms with E-state index in [0.29, 0.717) is 11.6 Å². The molecule has 4 aromatic rings. The molecule has 5 heteroatoms. The smallest absolute Gasteiger partial charge is 0.412 e. The van der Waals surface area contributed by atoms with Crippen LogP contribution in [-0.2, 0) is 4.74 Å². The maximum absolute atomic E-state index is 12.6. The van der Waals surface area contributed by atoms with Crippen LogP contribution in [0, 0.1) is 6.92 Å². The van der Waals surface area contributed by atoms with Gasteiger partial charge in [-0.3, -0.25) is 5.32 Å². The molecular weight excluding hydrogens is 428 g/mol. The summed E-state index contributed by atoms with van der Waals surface area (Å²) >= 11 is 1.37. The molecule has 0 saturated heterocycles. The number of anilines is 1. The largest absolute Gasteiger partial charge is 0.441 e. The molecule has 4 nitrogen and oxygen atoms in total. The van der Waals surface area contributed by atoms with E-state index >= 15 is 0 Å². The van der Waals surface area contributed by atoms with Gasteiger partial charge >= 0.3 is 6.09 Å². The van der Waals surface area contributed by atoms with Crippen LogP contribution in [0.2, 0.25) is 0 Å². The van der Waals surface area contributed by atoms with E-state index in [-0.39, 0.29) is 6.10 Å². The molecule has 168 valence electrons. The molecular formula is C28H28N2O2S. The second kappa shape index (κ2) is 10.0. The number of carbonyl (C=O) groups is 1. The van der Waals surface area contributed by atoms with Crippen molar-refractivity contribution in [3.8, 4) is 21.6 Å². The van der Waals surface area contributed by atoms with Crippen LogP contribution in [0.1, 0.15) is 49.6 Å². The Hall–Kier alpha value is -3.44. The Bertz CT molecular complexity index is 1210. The molecule has 0 aliphatic heterocycles. The molecule has 4 rings (SSSR count). The molecule has 0 spiro atoms. The number of nitrogens with zero attached hydrogens (tertiary/aromatic N) is 1. The fourth-order valence-electron chi connectivity index (χ4n) is 3.67. The van der Waals surface area contributed by atoms with Gasteiger partial charge < -0.3 is 4.74 Å². The standard InChI is InChI=1S/C28H28N2O2S/c1-18(2)21-10-12-23(13-11-21)24-14-16-25(17-15-24)27-26(19(3)30-33-27)29-28(31)32-20(4)22-8-6-5-7-9-22/h5-18,20H,1-4H3,(H,29,31)/t20-/m1/s1. The summed E-state index contributed by atoms with van der Waals surface area (Å²) in [6.45, 7) is 8.15. The first-order valence-electron chi connectivity index (χ1n) is 11.1. The van der Waals surface area contributed by atoms with Crippen LogP contribution in [0.3, 0.4) is 0 Å². The number of aromatic nitrogens is 1. The van der Waals surface area contributed by atoms with Gasteiger partial charge in [0, 0.05) is 0 Å². The van der Waals surface area contributed by atoms with E-state index in [0.717, 1.165) is 27.3 Å². The first-order chi connectivity index (χ1) is 15.9. The molecule has 0 unspecified atom stereocenters. The van der Waals surface area contributed by atoms with Gasteiger partial charge in [-0.25, -0.2) is 4.79 Å². The van der Waals surface area contributed by atoms with Crippen molar-refractivity contribution >= 4 is 23.3 Å². The van der Waals surface area contributed by atoms with E-state index in [1.54, 1.807) is 0 Å². The first kappa shape index (κ1) is 22.7. The summed E-state index contributed by atoms with van der Waals surface area (Å²) in [6, 6.07) is 26.7. The van der Waals surface area contributed by atoms with E-state index in [9.17, 15) is 4.79 Å². The van der Waals surface area contributed by atoms with Crippen LogP contribution >= 0.6 is 11.5 Å². The highest BCUT2D eigenvalue weighted by molar-refractivity contribution is 7.10. The van der Waals surface area contributed by atoms with Gasteiger partial charge in [0.15, 0.2) is 0 Å². The molecule has 0 saturated carbocycles. The molecule has 0 bridgehead atoms. The van der Waals surface area contributed by atoms with Gasteiger partial charge in [0.2, 0.25) is 0 Å². The van der Waals surface area contributed by atoms with Crippen molar-refractivity contribution in [2.75, 3.05) is 5.32 Å². The molecule has 1 heterocycles. The molecule has 0 aliphatic carbocycles. The Balaban J connectivity index is 1.49. The summed E-state index contributed by atoms with van der Waals surface area (Å²) in [6.07, 6.45) is -0.833. The third kappa shape index (κ3) is 5.32. The summed E-state index contributed by atoms with van der Waals surface area (Å²) in [5.74, 6) is 0.518. The second-order valence-electron chi connectivity index (χ2n) is 8.41. The van der Waals surface area contributed by atoms with Crippen LogP contribution in [0.25, 0.3) is 21.6 Å². The molecule has 1 atom stereocenters. The Morgan fingerprint density at radius 3 is 2.00 bits per heavy atom. The predicted molar refractivity (Wildman–Crippen MR) is 137 cm³/mol. The van der Waals surface area contributed by atoms with Crippen LogP contribution in [-0.4, -0.2) is 10.5 Å². The van der Waals surface area contributed by atoms with E-state index in [4.69, 9.17) is 4.74 Å². The minimum Gasteiger partial charge on any atom is -0.441 e. The fraction of sp³-hybridized carbons (Fsp3) is 0.214. The minimum atomic E-state index is -0.488. The van der Waals surface area contributed by atoms with Gasteiger partial charge in [0.25, 0.3) is 0 Å². The van der Waals surface area contributed by atoms with E-state index in [2.05, 4.69) is 72.1 Å². The van der Waals surface area contributed by atoms with Gasteiger partial charge in [-0.05, 0) is 59.1 Å². The summed E-state index contributed by atoms with van der Waals surface area (Å²) in [7, 11) is 0. The third-order valence-corrected chi connectivity index (χ3v) is 6.69. The highest BCUT2D eigenvalue weighted by atomic mass is 32.1. The summed E-state index contributed by atoms with van der Waals surface area (Å²) in [5.41, 5.74) is 7.09. The Morgan fingerprint density at radius 1 is 0.818 bits per heavy atom. The van der Waals surface area contributed by atoms with Gasteiger partial charge in [-0.1, -0.05) is 92.7 Å². The number of ether oxygens (including phenoxy) is 1. The van der Waals surface area contributed by atoms with Crippen molar-refractivity contribution < 1.29 is 9.53 Å².